The van der Waals surface area contributed by atoms with E-state index in [-0.39, 0.29) is 18.1 Å². The average Bonchev–Trinajstić information content (AvgIpc) is 3.19. The molecular weight excluding hydrogens is 340 g/mol. The number of cyclic esters (lactones) is 1. The van der Waals surface area contributed by atoms with E-state index in [9.17, 15) is 4.79 Å². The predicted octanol–water partition coefficient (Wildman–Crippen LogP) is 3.60. The van der Waals surface area contributed by atoms with E-state index in [2.05, 4.69) is 40.8 Å². The molecule has 4 heterocycles. The van der Waals surface area contributed by atoms with Crippen molar-refractivity contribution in [1.29, 1.82) is 0 Å². The number of ether oxygens (including phenoxy) is 2. The Morgan fingerprint density at radius 3 is 2.89 bits per heavy atom. The van der Waals surface area contributed by atoms with E-state index in [1.165, 1.54) is 22.2 Å². The third-order valence-corrected chi connectivity index (χ3v) is 6.45. The number of hydrogen-bond acceptors (Lipinski definition) is 4. The lowest BCUT2D eigenvalue weighted by Gasteiger charge is -2.34. The van der Waals surface area contributed by atoms with Gasteiger partial charge in [0.2, 0.25) is 0 Å². The first kappa shape index (κ1) is 17.0. The van der Waals surface area contributed by atoms with Crippen molar-refractivity contribution in [2.45, 2.75) is 38.5 Å². The molecule has 5 heteroatoms. The Morgan fingerprint density at radius 2 is 2.11 bits per heavy atom. The molecule has 3 aliphatic heterocycles. The van der Waals surface area contributed by atoms with Gasteiger partial charge in [-0.25, -0.2) is 4.79 Å². The fraction of sp³-hybridized carbons (Fsp3) is 0.500. The summed E-state index contributed by atoms with van der Waals surface area (Å²) in [5.41, 5.74) is 4.94. The van der Waals surface area contributed by atoms with Crippen LogP contribution in [-0.2, 0) is 20.7 Å². The largest absolute Gasteiger partial charge is 0.458 e. The maximum Gasteiger partial charge on any atom is 0.334 e. The van der Waals surface area contributed by atoms with Gasteiger partial charge in [-0.1, -0.05) is 18.2 Å². The van der Waals surface area contributed by atoms with Gasteiger partial charge >= 0.3 is 5.97 Å². The molecule has 0 bridgehead atoms. The monoisotopic (exact) mass is 366 g/mol. The normalized spacial score (nSPS) is 28.0. The molecule has 5 rings (SSSR count). The first-order valence-corrected chi connectivity index (χ1v) is 9.99. The van der Waals surface area contributed by atoms with Crippen LogP contribution in [0.5, 0.6) is 0 Å². The van der Waals surface area contributed by atoms with Gasteiger partial charge in [-0.3, -0.25) is 4.90 Å². The molecule has 0 saturated heterocycles. The van der Waals surface area contributed by atoms with Crippen LogP contribution in [0.3, 0.4) is 0 Å². The van der Waals surface area contributed by atoms with Crippen molar-refractivity contribution in [3.05, 3.63) is 47.2 Å². The minimum Gasteiger partial charge on any atom is -0.458 e. The van der Waals surface area contributed by atoms with E-state index in [4.69, 9.17) is 9.47 Å². The Kier molecular flexibility index (Phi) is 4.10. The lowest BCUT2D eigenvalue weighted by Crippen LogP contribution is -2.34. The number of nitrogens with zero attached hydrogens (tertiary/aromatic N) is 2. The van der Waals surface area contributed by atoms with Gasteiger partial charge in [0, 0.05) is 29.8 Å². The maximum absolute atomic E-state index is 12.3. The average molecular weight is 366 g/mol. The zero-order chi connectivity index (χ0) is 18.5. The van der Waals surface area contributed by atoms with Crippen LogP contribution in [0.2, 0.25) is 0 Å². The number of benzene rings is 1. The molecule has 3 atom stereocenters. The van der Waals surface area contributed by atoms with Crippen molar-refractivity contribution in [2.24, 2.45) is 5.92 Å². The number of carbonyl (C=O) groups excluding carboxylic acids is 1. The Morgan fingerprint density at radius 1 is 1.26 bits per heavy atom. The van der Waals surface area contributed by atoms with Crippen LogP contribution in [0.4, 0.5) is 0 Å². The lowest BCUT2D eigenvalue weighted by molar-refractivity contribution is -0.136. The molecule has 3 unspecified atom stereocenters. The van der Waals surface area contributed by atoms with Gasteiger partial charge in [-0.15, -0.1) is 0 Å². The van der Waals surface area contributed by atoms with Crippen molar-refractivity contribution < 1.29 is 14.3 Å². The second-order valence-electron chi connectivity index (χ2n) is 7.83. The first-order valence-electron chi connectivity index (χ1n) is 9.99. The third-order valence-electron chi connectivity index (χ3n) is 6.45. The number of rotatable bonds is 3. The number of hydrogen-bond donors (Lipinski definition) is 0. The minimum atomic E-state index is -0.148. The molecular formula is C22H26N2O3. The SMILES string of the molecule is CCOC1CC(C2=CCOC2=O)CC2c3c(c4ccccc4n31)CCN2C. The summed E-state index contributed by atoms with van der Waals surface area (Å²) in [5, 5.41) is 1.35. The van der Waals surface area contributed by atoms with Gasteiger partial charge in [-0.05, 0) is 56.9 Å². The highest BCUT2D eigenvalue weighted by atomic mass is 16.5. The molecule has 1 aromatic heterocycles. The highest BCUT2D eigenvalue weighted by Crippen LogP contribution is 2.47. The molecule has 0 aliphatic carbocycles. The standard InChI is InChI=1S/C22H26N2O3/c1-3-26-20-13-14(15-9-11-27-22(15)25)12-19-21-17(8-10-23(19)2)16-6-4-5-7-18(16)24(20)21/h4-7,9,14,19-20H,3,8,10-13H2,1-2H3. The number of aromatic nitrogens is 1. The minimum absolute atomic E-state index is 0.0561. The summed E-state index contributed by atoms with van der Waals surface area (Å²) in [4.78, 5) is 14.7. The Labute approximate surface area is 159 Å². The van der Waals surface area contributed by atoms with E-state index in [1.54, 1.807) is 0 Å². The zero-order valence-corrected chi connectivity index (χ0v) is 16.0. The summed E-state index contributed by atoms with van der Waals surface area (Å²) < 4.78 is 13.9. The Balaban J connectivity index is 1.70. The smallest absolute Gasteiger partial charge is 0.334 e. The van der Waals surface area contributed by atoms with Gasteiger partial charge < -0.3 is 14.0 Å². The van der Waals surface area contributed by atoms with Crippen molar-refractivity contribution in [2.75, 3.05) is 26.8 Å². The van der Waals surface area contributed by atoms with Crippen molar-refractivity contribution in [1.82, 2.24) is 9.47 Å². The van der Waals surface area contributed by atoms with Crippen LogP contribution in [0.15, 0.2) is 35.9 Å². The van der Waals surface area contributed by atoms with Crippen LogP contribution in [0, 0.1) is 5.92 Å². The van der Waals surface area contributed by atoms with Crippen LogP contribution in [0.1, 0.15) is 43.3 Å². The van der Waals surface area contributed by atoms with Gasteiger partial charge in [0.15, 0.2) is 0 Å². The number of fused-ring (bicyclic) bond motifs is 3. The van der Waals surface area contributed by atoms with Crippen molar-refractivity contribution in [3.63, 3.8) is 0 Å². The molecule has 0 spiro atoms. The van der Waals surface area contributed by atoms with E-state index in [0.717, 1.165) is 31.4 Å². The summed E-state index contributed by atoms with van der Waals surface area (Å²) in [5.74, 6) is 0.0129. The van der Waals surface area contributed by atoms with E-state index < -0.39 is 0 Å². The maximum atomic E-state index is 12.3. The number of likely N-dealkylation sites (N-methyl/N-ethyl adjacent to an activating group) is 1. The van der Waals surface area contributed by atoms with Gasteiger partial charge in [0.05, 0.1) is 11.6 Å². The van der Waals surface area contributed by atoms with Crippen LogP contribution in [0.25, 0.3) is 10.9 Å². The van der Waals surface area contributed by atoms with Crippen molar-refractivity contribution in [3.8, 4) is 0 Å². The van der Waals surface area contributed by atoms with E-state index >= 15 is 0 Å². The third kappa shape index (κ3) is 2.56. The Bertz CT molecular complexity index is 929. The molecule has 0 amide bonds. The fourth-order valence-corrected chi connectivity index (χ4v) is 5.24. The molecule has 0 radical (unpaired) electrons. The molecule has 5 nitrogen and oxygen atoms in total. The quantitative estimate of drug-likeness (QED) is 0.779. The molecule has 1 aromatic carbocycles. The summed E-state index contributed by atoms with van der Waals surface area (Å²) in [6.45, 7) is 4.15. The molecule has 142 valence electrons. The predicted molar refractivity (Wildman–Crippen MR) is 103 cm³/mol. The van der Waals surface area contributed by atoms with Gasteiger partial charge in [0.1, 0.15) is 12.8 Å². The van der Waals surface area contributed by atoms with E-state index in [0.29, 0.717) is 19.3 Å². The second kappa shape index (κ2) is 6.50. The van der Waals surface area contributed by atoms with Crippen LogP contribution in [-0.4, -0.2) is 42.2 Å². The number of para-hydroxylation sites is 1. The molecule has 3 aliphatic rings. The van der Waals surface area contributed by atoms with Crippen LogP contribution < -0.4 is 0 Å². The summed E-state index contributed by atoms with van der Waals surface area (Å²) >= 11 is 0. The Hall–Kier alpha value is -2.11. The van der Waals surface area contributed by atoms with Crippen molar-refractivity contribution >= 4 is 16.9 Å². The topological polar surface area (TPSA) is 43.7 Å². The summed E-state index contributed by atoms with van der Waals surface area (Å²) in [7, 11) is 2.20. The molecule has 0 fully saturated rings. The molecule has 0 N–H and O–H groups in total. The lowest BCUT2D eigenvalue weighted by atomic mass is 9.86. The summed E-state index contributed by atoms with van der Waals surface area (Å²) in [6, 6.07) is 8.99. The zero-order valence-electron chi connectivity index (χ0n) is 16.0. The molecule has 0 saturated carbocycles. The first-order chi connectivity index (χ1) is 13.2. The van der Waals surface area contributed by atoms with Crippen LogP contribution >= 0.6 is 0 Å². The highest BCUT2D eigenvalue weighted by molar-refractivity contribution is 5.91. The molecule has 27 heavy (non-hydrogen) atoms. The van der Waals surface area contributed by atoms with Gasteiger partial charge in [-0.2, -0.15) is 0 Å². The summed E-state index contributed by atoms with van der Waals surface area (Å²) in [6.07, 6.45) is 4.72. The number of carbonyl (C=O) groups is 1. The number of esters is 1. The second-order valence-corrected chi connectivity index (χ2v) is 7.83. The fourth-order valence-electron chi connectivity index (χ4n) is 5.24. The highest BCUT2D eigenvalue weighted by Gasteiger charge is 2.41. The van der Waals surface area contributed by atoms with Gasteiger partial charge in [0.25, 0.3) is 0 Å². The molecule has 2 aromatic rings. The van der Waals surface area contributed by atoms with E-state index in [1.807, 2.05) is 13.0 Å².